The van der Waals surface area contributed by atoms with E-state index in [9.17, 15) is 15.0 Å². The van der Waals surface area contributed by atoms with E-state index in [1.807, 2.05) is 13.8 Å². The molecular weight excluding hydrogens is 274 g/mol. The van der Waals surface area contributed by atoms with Crippen LogP contribution in [0.3, 0.4) is 0 Å². The van der Waals surface area contributed by atoms with Gasteiger partial charge in [0.15, 0.2) is 11.2 Å². The van der Waals surface area contributed by atoms with Crippen LogP contribution in [0.4, 0.5) is 5.95 Å². The van der Waals surface area contributed by atoms with Crippen LogP contribution in [0, 0.1) is 0 Å². The number of aromatic nitrogens is 4. The molecule has 0 aromatic carbocycles. The molecule has 2 aromatic rings. The number of hydrogen-bond acceptors (Lipinski definition) is 6. The topological polar surface area (TPSA) is 105 Å². The molecule has 0 saturated carbocycles. The average Bonchev–Trinajstić information content (AvgIpc) is 2.88. The van der Waals surface area contributed by atoms with E-state index in [0.29, 0.717) is 35.8 Å². The molecule has 4 atom stereocenters. The minimum absolute atomic E-state index is 0.0132. The van der Waals surface area contributed by atoms with Crippen LogP contribution in [-0.4, -0.2) is 35.4 Å². The van der Waals surface area contributed by atoms with Gasteiger partial charge in [0.1, 0.15) is 18.2 Å². The summed E-state index contributed by atoms with van der Waals surface area (Å²) in [5, 5.41) is 23.3. The van der Waals surface area contributed by atoms with E-state index in [4.69, 9.17) is 0 Å². The van der Waals surface area contributed by atoms with Gasteiger partial charge in [-0.05, 0) is 13.8 Å². The van der Waals surface area contributed by atoms with Gasteiger partial charge in [-0.15, -0.1) is 0 Å². The number of imidazole rings is 1. The fourth-order valence-electron chi connectivity index (χ4n) is 3.37. The Bertz CT molecular complexity index is 795. The zero-order valence-corrected chi connectivity index (χ0v) is 11.8. The van der Waals surface area contributed by atoms with Crippen LogP contribution in [0.15, 0.2) is 4.79 Å². The highest BCUT2D eigenvalue weighted by molar-refractivity contribution is 5.73. The number of aliphatic hydroxyl groups is 2. The summed E-state index contributed by atoms with van der Waals surface area (Å²) >= 11 is 0. The lowest BCUT2D eigenvalue weighted by Gasteiger charge is -2.28. The fraction of sp³-hybridized carbons (Fsp3) is 0.615. The van der Waals surface area contributed by atoms with Gasteiger partial charge in [-0.25, -0.2) is 9.55 Å². The summed E-state index contributed by atoms with van der Waals surface area (Å²) in [5.41, 5.74) is 0.357. The Labute approximate surface area is 120 Å². The highest BCUT2D eigenvalue weighted by Crippen LogP contribution is 2.36. The number of hydrogen-bond donors (Lipinski definition) is 3. The van der Waals surface area contributed by atoms with Gasteiger partial charge >= 0.3 is 0 Å². The second kappa shape index (κ2) is 4.05. The van der Waals surface area contributed by atoms with Crippen molar-refractivity contribution in [3.63, 3.8) is 0 Å². The van der Waals surface area contributed by atoms with Crippen molar-refractivity contribution in [2.45, 2.75) is 51.1 Å². The summed E-state index contributed by atoms with van der Waals surface area (Å²) in [6, 6.07) is 0.0177. The van der Waals surface area contributed by atoms with Crippen LogP contribution in [0.25, 0.3) is 11.2 Å². The lowest BCUT2D eigenvalue weighted by molar-refractivity contribution is 0.0804. The smallest absolute Gasteiger partial charge is 0.283 e. The molecule has 8 heteroatoms. The van der Waals surface area contributed by atoms with Crippen LogP contribution in [0.2, 0.25) is 0 Å². The minimum Gasteiger partial charge on any atom is -0.385 e. The minimum atomic E-state index is -0.895. The summed E-state index contributed by atoms with van der Waals surface area (Å²) in [5.74, 6) is 0.810. The first-order chi connectivity index (χ1) is 9.97. The molecule has 21 heavy (non-hydrogen) atoms. The molecule has 0 spiro atoms. The molecule has 4 heterocycles. The van der Waals surface area contributed by atoms with Crippen molar-refractivity contribution < 1.29 is 10.2 Å². The first-order valence-corrected chi connectivity index (χ1v) is 7.14. The Kier molecular flexibility index (Phi) is 2.46. The normalized spacial score (nSPS) is 31.0. The standard InChI is InChI=1S/C13H17N5O3/c1-5-3-8(20)18-12(21)9-10(16-13(18)14-5)15-11-7(19)4-6(2)17(9)11/h5-8,19-20H,3-4H2,1-2H3,(H,14,16)/t5-,6-,7+,8-/m1/s1. The summed E-state index contributed by atoms with van der Waals surface area (Å²) in [4.78, 5) is 21.4. The molecule has 2 aliphatic heterocycles. The summed E-state index contributed by atoms with van der Waals surface area (Å²) < 4.78 is 3.02. The monoisotopic (exact) mass is 291 g/mol. The molecule has 2 aliphatic rings. The largest absolute Gasteiger partial charge is 0.385 e. The molecule has 0 aliphatic carbocycles. The van der Waals surface area contributed by atoms with Gasteiger partial charge in [-0.3, -0.25) is 4.79 Å². The van der Waals surface area contributed by atoms with Crippen LogP contribution >= 0.6 is 0 Å². The quantitative estimate of drug-likeness (QED) is 0.644. The number of rotatable bonds is 0. The van der Waals surface area contributed by atoms with Crippen molar-refractivity contribution in [2.24, 2.45) is 0 Å². The van der Waals surface area contributed by atoms with Crippen molar-refractivity contribution >= 4 is 17.1 Å². The maximum absolute atomic E-state index is 12.7. The van der Waals surface area contributed by atoms with Crippen molar-refractivity contribution in [1.82, 2.24) is 19.1 Å². The lowest BCUT2D eigenvalue weighted by Crippen LogP contribution is -2.38. The molecule has 0 unspecified atom stereocenters. The van der Waals surface area contributed by atoms with Gasteiger partial charge in [0, 0.05) is 24.9 Å². The highest BCUT2D eigenvalue weighted by Gasteiger charge is 2.34. The second-order valence-electron chi connectivity index (χ2n) is 5.99. The molecule has 0 saturated heterocycles. The van der Waals surface area contributed by atoms with Crippen molar-refractivity contribution in [1.29, 1.82) is 0 Å². The van der Waals surface area contributed by atoms with Crippen LogP contribution in [-0.2, 0) is 0 Å². The highest BCUT2D eigenvalue weighted by atomic mass is 16.3. The van der Waals surface area contributed by atoms with Gasteiger partial charge in [0.05, 0.1) is 0 Å². The van der Waals surface area contributed by atoms with Crippen molar-refractivity contribution in [3.05, 3.63) is 16.2 Å². The predicted molar refractivity (Wildman–Crippen MR) is 75.0 cm³/mol. The van der Waals surface area contributed by atoms with Gasteiger partial charge < -0.3 is 20.1 Å². The Balaban J connectivity index is 2.06. The first kappa shape index (κ1) is 12.8. The second-order valence-corrected chi connectivity index (χ2v) is 5.99. The van der Waals surface area contributed by atoms with Crippen molar-refractivity contribution in [2.75, 3.05) is 5.32 Å². The van der Waals surface area contributed by atoms with Gasteiger partial charge in [-0.1, -0.05) is 0 Å². The van der Waals surface area contributed by atoms with E-state index >= 15 is 0 Å². The maximum Gasteiger partial charge on any atom is 0.283 e. The summed E-state index contributed by atoms with van der Waals surface area (Å²) in [6.45, 7) is 3.85. The Morgan fingerprint density at radius 1 is 1.19 bits per heavy atom. The average molecular weight is 291 g/mol. The molecule has 0 radical (unpaired) electrons. The maximum atomic E-state index is 12.7. The van der Waals surface area contributed by atoms with Crippen molar-refractivity contribution in [3.8, 4) is 0 Å². The SMILES string of the molecule is C[C@@H]1C[C@@H](O)n2c(nc3nc4n(c3c2=O)[C@H](C)C[C@@H]4O)N1. The molecule has 4 rings (SSSR count). The summed E-state index contributed by atoms with van der Waals surface area (Å²) in [6.07, 6.45) is -0.586. The van der Waals surface area contributed by atoms with Crippen LogP contribution < -0.4 is 10.9 Å². The number of fused-ring (bicyclic) bond motifs is 4. The van der Waals surface area contributed by atoms with E-state index in [1.54, 1.807) is 4.57 Å². The Morgan fingerprint density at radius 3 is 2.71 bits per heavy atom. The number of aliphatic hydroxyl groups excluding tert-OH is 2. The van der Waals surface area contributed by atoms with Gasteiger partial charge in [-0.2, -0.15) is 4.98 Å². The van der Waals surface area contributed by atoms with E-state index in [1.165, 1.54) is 4.57 Å². The predicted octanol–water partition coefficient (Wildman–Crippen LogP) is 0.286. The zero-order valence-electron chi connectivity index (χ0n) is 11.8. The van der Waals surface area contributed by atoms with E-state index in [-0.39, 0.29) is 17.6 Å². The molecule has 112 valence electrons. The first-order valence-electron chi connectivity index (χ1n) is 7.14. The van der Waals surface area contributed by atoms with Gasteiger partial charge in [0.25, 0.3) is 5.56 Å². The van der Waals surface area contributed by atoms with E-state index in [2.05, 4.69) is 15.3 Å². The van der Waals surface area contributed by atoms with Crippen LogP contribution in [0.5, 0.6) is 0 Å². The Morgan fingerprint density at radius 2 is 1.95 bits per heavy atom. The third kappa shape index (κ3) is 1.60. The molecule has 0 fully saturated rings. The number of nitrogens with one attached hydrogen (secondary N) is 1. The zero-order chi connectivity index (χ0) is 14.9. The van der Waals surface area contributed by atoms with Gasteiger partial charge in [0.2, 0.25) is 5.95 Å². The van der Waals surface area contributed by atoms with Crippen LogP contribution in [0.1, 0.15) is 50.9 Å². The molecule has 0 bridgehead atoms. The third-order valence-electron chi connectivity index (χ3n) is 4.32. The molecule has 2 aromatic heterocycles. The van der Waals surface area contributed by atoms with E-state index in [0.717, 1.165) is 0 Å². The molecule has 3 N–H and O–H groups in total. The fourth-order valence-corrected chi connectivity index (χ4v) is 3.37. The molecule has 8 nitrogen and oxygen atoms in total. The van der Waals surface area contributed by atoms with E-state index < -0.39 is 12.3 Å². The molecule has 0 amide bonds. The lowest BCUT2D eigenvalue weighted by atomic mass is 10.2. The third-order valence-corrected chi connectivity index (χ3v) is 4.32. The number of anilines is 1. The molecular formula is C13H17N5O3. The Hall–Kier alpha value is -1.93. The number of nitrogens with zero attached hydrogens (tertiary/aromatic N) is 4. The summed E-state index contributed by atoms with van der Waals surface area (Å²) in [7, 11) is 0.